The lowest BCUT2D eigenvalue weighted by Gasteiger charge is -2.38. The summed E-state index contributed by atoms with van der Waals surface area (Å²) in [6.07, 6.45) is -3.63. The molecule has 1 atom stereocenters. The lowest BCUT2D eigenvalue weighted by Crippen LogP contribution is -2.50. The quantitative estimate of drug-likeness (QED) is 0.378. The van der Waals surface area contributed by atoms with Crippen LogP contribution < -0.4 is 9.64 Å². The van der Waals surface area contributed by atoms with Gasteiger partial charge in [-0.05, 0) is 25.1 Å². The highest BCUT2D eigenvalue weighted by atomic mass is 19.3. The third kappa shape index (κ3) is 5.07. The second-order valence-corrected chi connectivity index (χ2v) is 8.54. The smallest absolute Gasteiger partial charge is 0.408 e. The first-order chi connectivity index (χ1) is 18.3. The topological polar surface area (TPSA) is 148 Å². The van der Waals surface area contributed by atoms with Crippen molar-refractivity contribution < 1.29 is 27.8 Å². The number of hydrogen-bond donors (Lipinski definition) is 1. The Labute approximate surface area is 214 Å². The van der Waals surface area contributed by atoms with Crippen molar-refractivity contribution in [3.05, 3.63) is 65.1 Å². The van der Waals surface area contributed by atoms with Gasteiger partial charge in [-0.25, -0.2) is 18.3 Å². The highest BCUT2D eigenvalue weighted by Gasteiger charge is 2.35. The molecular weight excluding hydrogens is 504 g/mol. The molecule has 5 rings (SSSR count). The van der Waals surface area contributed by atoms with E-state index in [4.69, 9.17) is 9.15 Å². The summed E-state index contributed by atoms with van der Waals surface area (Å²) in [5, 5.41) is 33.9. The molecule has 0 unspecified atom stereocenters. The molecule has 1 aliphatic rings. The summed E-state index contributed by atoms with van der Waals surface area (Å²) in [6, 6.07) is 8.49. The Bertz CT molecular complexity index is 1410. The first kappa shape index (κ1) is 25.0. The molecular formula is C23H23F2N9O4. The van der Waals surface area contributed by atoms with E-state index in [0.29, 0.717) is 35.3 Å². The van der Waals surface area contributed by atoms with E-state index in [0.717, 1.165) is 0 Å². The van der Waals surface area contributed by atoms with E-state index in [1.54, 1.807) is 38.1 Å². The van der Waals surface area contributed by atoms with Crippen molar-refractivity contribution in [3.63, 3.8) is 0 Å². The highest BCUT2D eigenvalue weighted by molar-refractivity contribution is 5.66. The first-order valence-corrected chi connectivity index (χ1v) is 11.6. The van der Waals surface area contributed by atoms with Gasteiger partial charge in [0, 0.05) is 38.2 Å². The number of amides is 1. The predicted octanol–water partition coefficient (Wildman–Crippen LogP) is 3.12. The molecule has 1 aromatic carbocycles. The molecule has 1 fully saturated rings. The summed E-state index contributed by atoms with van der Waals surface area (Å²) in [6.45, 7) is 4.36. The number of anilines is 1. The molecule has 38 heavy (non-hydrogen) atoms. The maximum absolute atomic E-state index is 12.9. The van der Waals surface area contributed by atoms with Crippen LogP contribution >= 0.6 is 0 Å². The minimum Gasteiger partial charge on any atom is -0.470 e. The van der Waals surface area contributed by atoms with Crippen molar-refractivity contribution in [1.29, 1.82) is 0 Å². The number of hydrogen-bond acceptors (Lipinski definition) is 10. The summed E-state index contributed by atoms with van der Waals surface area (Å²) in [5.41, 5.74) is 1.73. The van der Waals surface area contributed by atoms with Gasteiger partial charge in [0.15, 0.2) is 5.82 Å². The summed E-state index contributed by atoms with van der Waals surface area (Å²) >= 11 is 0. The molecule has 4 heterocycles. The fourth-order valence-electron chi connectivity index (χ4n) is 4.09. The monoisotopic (exact) mass is 527 g/mol. The average molecular weight is 527 g/mol. The van der Waals surface area contributed by atoms with E-state index in [9.17, 15) is 18.7 Å². The second kappa shape index (κ2) is 10.4. The zero-order valence-corrected chi connectivity index (χ0v) is 20.4. The molecule has 1 amide bonds. The van der Waals surface area contributed by atoms with E-state index < -0.39 is 18.6 Å². The number of benzene rings is 1. The lowest BCUT2D eigenvalue weighted by molar-refractivity contribution is 0.108. The number of aryl methyl sites for hydroxylation is 2. The predicted molar refractivity (Wildman–Crippen MR) is 126 cm³/mol. The van der Waals surface area contributed by atoms with Crippen LogP contribution in [0.2, 0.25) is 0 Å². The van der Waals surface area contributed by atoms with E-state index in [-0.39, 0.29) is 37.0 Å². The maximum Gasteiger partial charge on any atom is 0.408 e. The fourth-order valence-corrected chi connectivity index (χ4v) is 4.09. The van der Waals surface area contributed by atoms with Crippen molar-refractivity contribution in [1.82, 2.24) is 40.3 Å². The van der Waals surface area contributed by atoms with Crippen LogP contribution in [0.4, 0.5) is 19.4 Å². The van der Waals surface area contributed by atoms with Gasteiger partial charge in [0.25, 0.3) is 6.43 Å². The van der Waals surface area contributed by atoms with Gasteiger partial charge in [-0.3, -0.25) is 4.90 Å². The van der Waals surface area contributed by atoms with Gasteiger partial charge in [0.1, 0.15) is 18.3 Å². The number of halogens is 2. The minimum atomic E-state index is -2.55. The Morgan fingerprint density at radius 3 is 2.50 bits per heavy atom. The Hall–Kier alpha value is -4.69. The molecule has 13 nitrogen and oxygen atoms in total. The zero-order chi connectivity index (χ0) is 26.8. The van der Waals surface area contributed by atoms with Gasteiger partial charge >= 0.3 is 6.09 Å². The molecule has 3 aromatic heterocycles. The molecule has 0 radical (unpaired) electrons. The third-order valence-corrected chi connectivity index (χ3v) is 6.11. The SMILES string of the molecule is Cc1nnc([C@@H]2CN(c3ccc(OCc4c(C)nnn4-c4ccc(C(F)F)cc4)nn3)CCN2C(=O)O)o1. The number of piperazine rings is 1. The van der Waals surface area contributed by atoms with Crippen molar-refractivity contribution in [2.24, 2.45) is 0 Å². The number of ether oxygens (including phenoxy) is 1. The number of carbonyl (C=O) groups is 1. The first-order valence-electron chi connectivity index (χ1n) is 11.6. The molecule has 1 N–H and O–H groups in total. The van der Waals surface area contributed by atoms with E-state index in [2.05, 4.69) is 30.7 Å². The lowest BCUT2D eigenvalue weighted by atomic mass is 10.1. The van der Waals surface area contributed by atoms with Crippen molar-refractivity contribution in [2.45, 2.75) is 32.9 Å². The molecule has 4 aromatic rings. The van der Waals surface area contributed by atoms with Gasteiger partial charge in [-0.2, -0.15) is 0 Å². The van der Waals surface area contributed by atoms with E-state index in [1.807, 2.05) is 4.90 Å². The Morgan fingerprint density at radius 2 is 1.87 bits per heavy atom. The number of rotatable bonds is 7. The van der Waals surface area contributed by atoms with Crippen LogP contribution in [0.15, 0.2) is 40.8 Å². The fraction of sp³-hybridized carbons (Fsp3) is 0.348. The third-order valence-electron chi connectivity index (χ3n) is 6.11. The van der Waals surface area contributed by atoms with Crippen molar-refractivity contribution >= 4 is 11.9 Å². The van der Waals surface area contributed by atoms with Crippen LogP contribution in [-0.4, -0.2) is 71.1 Å². The maximum atomic E-state index is 12.9. The summed E-state index contributed by atoms with van der Waals surface area (Å²) in [7, 11) is 0. The molecule has 0 saturated carbocycles. The molecule has 1 aliphatic heterocycles. The van der Waals surface area contributed by atoms with Gasteiger partial charge in [0.2, 0.25) is 17.7 Å². The molecule has 198 valence electrons. The normalized spacial score (nSPS) is 15.8. The highest BCUT2D eigenvalue weighted by Crippen LogP contribution is 2.28. The summed E-state index contributed by atoms with van der Waals surface area (Å²) < 4.78 is 38.6. The second-order valence-electron chi connectivity index (χ2n) is 8.54. The number of aromatic nitrogens is 7. The van der Waals surface area contributed by atoms with Gasteiger partial charge in [0.05, 0.1) is 11.4 Å². The molecule has 15 heteroatoms. The summed E-state index contributed by atoms with van der Waals surface area (Å²) in [5.74, 6) is 1.35. The molecule has 0 bridgehead atoms. The van der Waals surface area contributed by atoms with E-state index >= 15 is 0 Å². The molecule has 0 aliphatic carbocycles. The largest absolute Gasteiger partial charge is 0.470 e. The Kier molecular flexibility index (Phi) is 6.81. The minimum absolute atomic E-state index is 0.0688. The average Bonchev–Trinajstić information content (AvgIpc) is 3.52. The summed E-state index contributed by atoms with van der Waals surface area (Å²) in [4.78, 5) is 14.9. The van der Waals surface area contributed by atoms with Crippen LogP contribution in [0.5, 0.6) is 5.88 Å². The van der Waals surface area contributed by atoms with Crippen LogP contribution in [0.25, 0.3) is 5.69 Å². The standard InChI is InChI=1S/C23H23F2N9O4/c1-13-18(34(31-26-13)16-5-3-15(4-6-16)21(24)25)12-37-20-8-7-19(28-29-20)32-9-10-33(23(35)36)17(11-32)22-30-27-14(2)38-22/h3-8,17,21H,9-12H2,1-2H3,(H,35,36)/t17-/m0/s1. The zero-order valence-electron chi connectivity index (χ0n) is 20.4. The van der Waals surface area contributed by atoms with Crippen molar-refractivity contribution in [2.75, 3.05) is 24.5 Å². The molecule has 1 saturated heterocycles. The number of alkyl halides is 2. The van der Waals surface area contributed by atoms with Crippen LogP contribution in [0, 0.1) is 13.8 Å². The van der Waals surface area contributed by atoms with Crippen molar-refractivity contribution in [3.8, 4) is 11.6 Å². The van der Waals surface area contributed by atoms with E-state index in [1.165, 1.54) is 21.7 Å². The Morgan fingerprint density at radius 1 is 1.08 bits per heavy atom. The molecule has 0 spiro atoms. The van der Waals surface area contributed by atoms with Gasteiger partial charge in [-0.1, -0.05) is 17.3 Å². The van der Waals surface area contributed by atoms with Crippen LogP contribution in [-0.2, 0) is 6.61 Å². The number of carboxylic acid groups (broad SMARTS) is 1. The van der Waals surface area contributed by atoms with Gasteiger partial charge < -0.3 is 19.2 Å². The number of nitrogens with zero attached hydrogens (tertiary/aromatic N) is 9. The van der Waals surface area contributed by atoms with Crippen LogP contribution in [0.1, 0.15) is 41.2 Å². The van der Waals surface area contributed by atoms with Gasteiger partial charge in [-0.15, -0.1) is 25.5 Å². The Balaban J connectivity index is 1.27. The van der Waals surface area contributed by atoms with Crippen LogP contribution in [0.3, 0.4) is 0 Å².